The lowest BCUT2D eigenvalue weighted by molar-refractivity contribution is -0.137. The standard InChI is InChI=1S/C23H18BrF3N2O3/c1-14-11-17(24)7-10-20(14)32-13-21(30)28-18-8-5-15(6-9-18)22(31)29-19-4-2-3-16(12-19)23(25,26)27/h2-12H,13H2,1H3,(H,28,30)(H,29,31). The van der Waals surface area contributed by atoms with Crippen molar-refractivity contribution < 1.29 is 27.5 Å². The van der Waals surface area contributed by atoms with Crippen LogP contribution in [0.5, 0.6) is 5.75 Å². The Labute approximate surface area is 190 Å². The summed E-state index contributed by atoms with van der Waals surface area (Å²) in [6.45, 7) is 1.67. The molecule has 0 spiro atoms. The molecule has 0 saturated heterocycles. The van der Waals surface area contributed by atoms with Crippen LogP contribution in [-0.2, 0) is 11.0 Å². The lowest BCUT2D eigenvalue weighted by Crippen LogP contribution is -2.20. The average molecular weight is 507 g/mol. The number of halogens is 4. The van der Waals surface area contributed by atoms with Crippen molar-refractivity contribution in [3.05, 3.63) is 87.9 Å². The second kappa shape index (κ2) is 9.86. The molecule has 5 nitrogen and oxygen atoms in total. The number of alkyl halides is 3. The third-order valence-electron chi connectivity index (χ3n) is 4.37. The minimum atomic E-state index is -4.50. The molecule has 3 aromatic carbocycles. The molecule has 0 aliphatic carbocycles. The maximum atomic E-state index is 12.8. The van der Waals surface area contributed by atoms with Gasteiger partial charge in [-0.2, -0.15) is 13.2 Å². The predicted octanol–water partition coefficient (Wildman–Crippen LogP) is 6.05. The van der Waals surface area contributed by atoms with E-state index in [4.69, 9.17) is 4.74 Å². The summed E-state index contributed by atoms with van der Waals surface area (Å²) >= 11 is 3.36. The number of ether oxygens (including phenoxy) is 1. The predicted molar refractivity (Wildman–Crippen MR) is 119 cm³/mol. The van der Waals surface area contributed by atoms with Crippen LogP contribution in [0, 0.1) is 6.92 Å². The number of nitrogens with one attached hydrogen (secondary N) is 2. The maximum Gasteiger partial charge on any atom is 0.416 e. The molecule has 32 heavy (non-hydrogen) atoms. The number of carbonyl (C=O) groups is 2. The molecule has 2 N–H and O–H groups in total. The summed E-state index contributed by atoms with van der Waals surface area (Å²) in [4.78, 5) is 24.4. The topological polar surface area (TPSA) is 67.4 Å². The fraction of sp³-hybridized carbons (Fsp3) is 0.130. The van der Waals surface area contributed by atoms with E-state index in [1.54, 1.807) is 6.07 Å². The van der Waals surface area contributed by atoms with E-state index in [-0.39, 0.29) is 23.8 Å². The van der Waals surface area contributed by atoms with Gasteiger partial charge in [-0.15, -0.1) is 0 Å². The number of benzene rings is 3. The second-order valence-corrected chi connectivity index (χ2v) is 7.77. The SMILES string of the molecule is Cc1cc(Br)ccc1OCC(=O)Nc1ccc(C(=O)Nc2cccc(C(F)(F)F)c2)cc1. The van der Waals surface area contributed by atoms with Crippen molar-refractivity contribution in [1.82, 2.24) is 0 Å². The van der Waals surface area contributed by atoms with Crippen molar-refractivity contribution in [2.24, 2.45) is 0 Å². The van der Waals surface area contributed by atoms with Gasteiger partial charge in [-0.3, -0.25) is 9.59 Å². The van der Waals surface area contributed by atoms with E-state index < -0.39 is 17.6 Å². The van der Waals surface area contributed by atoms with Gasteiger partial charge in [-0.1, -0.05) is 22.0 Å². The van der Waals surface area contributed by atoms with E-state index in [1.165, 1.54) is 36.4 Å². The van der Waals surface area contributed by atoms with Crippen LogP contribution in [0.15, 0.2) is 71.2 Å². The number of amides is 2. The Kier molecular flexibility index (Phi) is 7.19. The zero-order valence-corrected chi connectivity index (χ0v) is 18.4. The first kappa shape index (κ1) is 23.3. The summed E-state index contributed by atoms with van der Waals surface area (Å²) in [5.74, 6) is -0.366. The van der Waals surface area contributed by atoms with Crippen molar-refractivity contribution in [3.8, 4) is 5.75 Å². The quantitative estimate of drug-likeness (QED) is 0.427. The Morgan fingerprint density at radius 2 is 1.66 bits per heavy atom. The first-order chi connectivity index (χ1) is 15.1. The van der Waals surface area contributed by atoms with Gasteiger partial charge < -0.3 is 15.4 Å². The van der Waals surface area contributed by atoms with Crippen LogP contribution in [-0.4, -0.2) is 18.4 Å². The highest BCUT2D eigenvalue weighted by molar-refractivity contribution is 9.10. The van der Waals surface area contributed by atoms with Gasteiger partial charge in [0, 0.05) is 21.4 Å². The highest BCUT2D eigenvalue weighted by atomic mass is 79.9. The Morgan fingerprint density at radius 3 is 2.31 bits per heavy atom. The van der Waals surface area contributed by atoms with Gasteiger partial charge in [-0.25, -0.2) is 0 Å². The number of hydrogen-bond donors (Lipinski definition) is 2. The van der Waals surface area contributed by atoms with Crippen molar-refractivity contribution in [3.63, 3.8) is 0 Å². The molecule has 0 aromatic heterocycles. The molecular formula is C23H18BrF3N2O3. The molecule has 3 rings (SSSR count). The summed E-state index contributed by atoms with van der Waals surface area (Å²) in [6.07, 6.45) is -4.50. The van der Waals surface area contributed by atoms with Crippen molar-refractivity contribution >= 4 is 39.1 Å². The van der Waals surface area contributed by atoms with Crippen LogP contribution >= 0.6 is 15.9 Å². The van der Waals surface area contributed by atoms with E-state index in [9.17, 15) is 22.8 Å². The first-order valence-electron chi connectivity index (χ1n) is 9.39. The number of anilines is 2. The Bertz CT molecular complexity index is 1130. The van der Waals surface area contributed by atoms with Gasteiger partial charge in [-0.05, 0) is 73.2 Å². The smallest absolute Gasteiger partial charge is 0.416 e. The second-order valence-electron chi connectivity index (χ2n) is 6.86. The summed E-state index contributed by atoms with van der Waals surface area (Å²) in [6, 6.07) is 15.8. The molecule has 9 heteroatoms. The summed E-state index contributed by atoms with van der Waals surface area (Å²) in [7, 11) is 0. The Hall–Kier alpha value is -3.33. The van der Waals surface area contributed by atoms with Gasteiger partial charge in [0.1, 0.15) is 5.75 Å². The molecule has 0 saturated carbocycles. The van der Waals surface area contributed by atoms with Crippen LogP contribution in [0.25, 0.3) is 0 Å². The largest absolute Gasteiger partial charge is 0.483 e. The molecule has 166 valence electrons. The zero-order valence-electron chi connectivity index (χ0n) is 16.8. The number of aryl methyl sites for hydroxylation is 1. The third kappa shape index (κ3) is 6.34. The minimum Gasteiger partial charge on any atom is -0.483 e. The van der Waals surface area contributed by atoms with Crippen LogP contribution in [0.2, 0.25) is 0 Å². The van der Waals surface area contributed by atoms with E-state index in [0.717, 1.165) is 22.2 Å². The number of carbonyl (C=O) groups excluding carboxylic acids is 2. The number of hydrogen-bond acceptors (Lipinski definition) is 3. The third-order valence-corrected chi connectivity index (χ3v) is 4.87. The average Bonchev–Trinajstić information content (AvgIpc) is 2.73. The fourth-order valence-corrected chi connectivity index (χ4v) is 3.27. The van der Waals surface area contributed by atoms with Gasteiger partial charge in [0.15, 0.2) is 6.61 Å². The first-order valence-corrected chi connectivity index (χ1v) is 10.2. The van der Waals surface area contributed by atoms with Crippen LogP contribution < -0.4 is 15.4 Å². The molecule has 0 aliphatic rings. The highest BCUT2D eigenvalue weighted by Gasteiger charge is 2.30. The van der Waals surface area contributed by atoms with Gasteiger partial charge >= 0.3 is 6.18 Å². The molecule has 0 unspecified atom stereocenters. The van der Waals surface area contributed by atoms with E-state index in [0.29, 0.717) is 11.4 Å². The molecule has 0 fully saturated rings. The Balaban J connectivity index is 1.56. The molecule has 3 aromatic rings. The zero-order chi connectivity index (χ0) is 23.3. The maximum absolute atomic E-state index is 12.8. The van der Waals surface area contributed by atoms with E-state index in [1.807, 2.05) is 19.1 Å². The lowest BCUT2D eigenvalue weighted by atomic mass is 10.1. The van der Waals surface area contributed by atoms with Gasteiger partial charge in [0.05, 0.1) is 5.56 Å². The van der Waals surface area contributed by atoms with Crippen molar-refractivity contribution in [2.75, 3.05) is 17.2 Å². The van der Waals surface area contributed by atoms with Crippen molar-refractivity contribution in [1.29, 1.82) is 0 Å². The summed E-state index contributed by atoms with van der Waals surface area (Å²) in [5.41, 5.74) is 0.726. The molecule has 0 radical (unpaired) electrons. The monoisotopic (exact) mass is 506 g/mol. The van der Waals surface area contributed by atoms with Crippen LogP contribution in [0.4, 0.5) is 24.5 Å². The molecule has 0 aliphatic heterocycles. The fourth-order valence-electron chi connectivity index (χ4n) is 2.80. The van der Waals surface area contributed by atoms with Gasteiger partial charge in [0.25, 0.3) is 11.8 Å². The molecule has 0 bridgehead atoms. The summed E-state index contributed by atoms with van der Waals surface area (Å²) < 4.78 is 44.8. The number of rotatable bonds is 6. The van der Waals surface area contributed by atoms with Crippen molar-refractivity contribution in [2.45, 2.75) is 13.1 Å². The van der Waals surface area contributed by atoms with Crippen LogP contribution in [0.3, 0.4) is 0 Å². The van der Waals surface area contributed by atoms with Gasteiger partial charge in [0.2, 0.25) is 0 Å². The summed E-state index contributed by atoms with van der Waals surface area (Å²) in [5, 5.41) is 5.08. The van der Waals surface area contributed by atoms with E-state index in [2.05, 4.69) is 26.6 Å². The lowest BCUT2D eigenvalue weighted by Gasteiger charge is -2.11. The molecule has 0 heterocycles. The minimum absolute atomic E-state index is 0.0302. The highest BCUT2D eigenvalue weighted by Crippen LogP contribution is 2.30. The molecular weight excluding hydrogens is 489 g/mol. The van der Waals surface area contributed by atoms with Crippen LogP contribution in [0.1, 0.15) is 21.5 Å². The molecule has 0 atom stereocenters. The van der Waals surface area contributed by atoms with E-state index >= 15 is 0 Å². The molecule has 2 amide bonds. The Morgan fingerprint density at radius 1 is 0.938 bits per heavy atom. The normalized spacial score (nSPS) is 11.0.